The van der Waals surface area contributed by atoms with Crippen LogP contribution in [-0.2, 0) is 7.05 Å². The lowest BCUT2D eigenvalue weighted by Gasteiger charge is -2.17. The molecule has 7 nitrogen and oxygen atoms in total. The third kappa shape index (κ3) is 1.92. The van der Waals surface area contributed by atoms with E-state index < -0.39 is 11.4 Å². The first-order valence-corrected chi connectivity index (χ1v) is 6.32. The number of nitrogens with zero attached hydrogens (tertiary/aromatic N) is 3. The zero-order valence-corrected chi connectivity index (χ0v) is 11.0. The fraction of sp³-hybridized carbons (Fsp3) is 0.308. The summed E-state index contributed by atoms with van der Waals surface area (Å²) in [5.74, 6) is -0.495. The Labute approximate surface area is 114 Å². The third-order valence-corrected chi connectivity index (χ3v) is 3.37. The molecule has 104 valence electrons. The van der Waals surface area contributed by atoms with Gasteiger partial charge in [-0.25, -0.2) is 15.2 Å². The van der Waals surface area contributed by atoms with Crippen LogP contribution in [0.25, 0.3) is 11.0 Å². The molecule has 0 amide bonds. The van der Waals surface area contributed by atoms with Crippen molar-refractivity contribution < 1.29 is 9.90 Å². The summed E-state index contributed by atoms with van der Waals surface area (Å²) in [6, 6.07) is 3.36. The molecular formula is C13H14N4O3. The molecular weight excluding hydrogens is 260 g/mol. The van der Waals surface area contributed by atoms with Crippen LogP contribution in [0.1, 0.15) is 16.8 Å². The van der Waals surface area contributed by atoms with Crippen LogP contribution in [0.4, 0.5) is 5.82 Å². The number of carboxylic acids is 1. The van der Waals surface area contributed by atoms with Crippen molar-refractivity contribution in [2.75, 3.05) is 18.1 Å². The van der Waals surface area contributed by atoms with E-state index in [-0.39, 0.29) is 5.56 Å². The van der Waals surface area contributed by atoms with E-state index >= 15 is 0 Å². The van der Waals surface area contributed by atoms with Crippen LogP contribution >= 0.6 is 0 Å². The topological polar surface area (TPSA) is 87.5 Å². The molecule has 0 spiro atoms. The van der Waals surface area contributed by atoms with Gasteiger partial charge in [0.05, 0.1) is 5.39 Å². The van der Waals surface area contributed by atoms with Gasteiger partial charge in [0.1, 0.15) is 17.0 Å². The predicted octanol–water partition coefficient (Wildman–Crippen LogP) is 0.346. The summed E-state index contributed by atoms with van der Waals surface area (Å²) < 4.78 is 1.57. The molecule has 0 atom stereocenters. The van der Waals surface area contributed by atoms with Gasteiger partial charge in [0.15, 0.2) is 0 Å². The number of carbonyl (C=O) groups is 1. The molecule has 2 aromatic heterocycles. The smallest absolute Gasteiger partial charge is 0.341 e. The zero-order chi connectivity index (χ0) is 14.3. The van der Waals surface area contributed by atoms with Crippen LogP contribution in [-0.4, -0.2) is 33.7 Å². The highest BCUT2D eigenvalue weighted by atomic mass is 16.4. The number of aryl methyl sites for hydroxylation is 1. The lowest BCUT2D eigenvalue weighted by Crippen LogP contribution is -2.31. The van der Waals surface area contributed by atoms with Gasteiger partial charge >= 0.3 is 5.97 Å². The van der Waals surface area contributed by atoms with E-state index in [0.717, 1.165) is 25.3 Å². The van der Waals surface area contributed by atoms with E-state index in [0.29, 0.717) is 11.0 Å². The number of aromatic carboxylic acids is 1. The Hall–Kier alpha value is -2.41. The van der Waals surface area contributed by atoms with Gasteiger partial charge in [0.2, 0.25) is 5.43 Å². The minimum absolute atomic E-state index is 0.242. The van der Waals surface area contributed by atoms with E-state index in [1.54, 1.807) is 23.7 Å². The van der Waals surface area contributed by atoms with Crippen molar-refractivity contribution in [1.29, 1.82) is 0 Å². The van der Waals surface area contributed by atoms with Crippen molar-refractivity contribution in [3.63, 3.8) is 0 Å². The van der Waals surface area contributed by atoms with Gasteiger partial charge in [-0.05, 0) is 18.6 Å². The second-order valence-electron chi connectivity index (χ2n) is 4.74. The summed E-state index contributed by atoms with van der Waals surface area (Å²) in [6.45, 7) is 1.76. The third-order valence-electron chi connectivity index (χ3n) is 3.37. The Kier molecular flexibility index (Phi) is 2.90. The maximum atomic E-state index is 12.1. The minimum atomic E-state index is -1.22. The summed E-state index contributed by atoms with van der Waals surface area (Å²) in [5.41, 5.74) is 2.93. The number of nitrogens with one attached hydrogen (secondary N) is 1. The molecule has 3 rings (SSSR count). The highest BCUT2D eigenvalue weighted by Gasteiger charge is 2.17. The van der Waals surface area contributed by atoms with Gasteiger partial charge in [-0.1, -0.05) is 0 Å². The van der Waals surface area contributed by atoms with Gasteiger partial charge in [-0.15, -0.1) is 0 Å². The SMILES string of the molecule is Cn1cc(C(=O)O)c(=O)c2ccc(N3CCCN3)nc21. The first-order valence-electron chi connectivity index (χ1n) is 6.32. The van der Waals surface area contributed by atoms with Crippen LogP contribution < -0.4 is 15.9 Å². The standard InChI is InChI=1S/C13H14N4O3/c1-16-7-9(13(19)20)11(18)8-3-4-10(15-12(8)16)17-6-2-5-14-17/h3-4,7,14H,2,5-6H2,1H3,(H,19,20). The van der Waals surface area contributed by atoms with Crippen LogP contribution in [0.5, 0.6) is 0 Å². The first kappa shape index (κ1) is 12.6. The molecule has 2 aromatic rings. The lowest BCUT2D eigenvalue weighted by atomic mass is 10.2. The van der Waals surface area contributed by atoms with E-state index in [1.165, 1.54) is 6.20 Å². The van der Waals surface area contributed by atoms with E-state index in [4.69, 9.17) is 5.11 Å². The number of fused-ring (bicyclic) bond motifs is 1. The second kappa shape index (κ2) is 4.61. The molecule has 1 aliphatic heterocycles. The van der Waals surface area contributed by atoms with E-state index in [1.807, 2.05) is 5.01 Å². The highest BCUT2D eigenvalue weighted by Crippen LogP contribution is 2.17. The molecule has 0 aliphatic carbocycles. The number of carboxylic acid groups (broad SMARTS) is 1. The minimum Gasteiger partial charge on any atom is -0.477 e. The summed E-state index contributed by atoms with van der Waals surface area (Å²) >= 11 is 0. The Morgan fingerprint density at radius 2 is 2.25 bits per heavy atom. The Morgan fingerprint density at radius 1 is 1.45 bits per heavy atom. The second-order valence-corrected chi connectivity index (χ2v) is 4.74. The Bertz CT molecular complexity index is 747. The van der Waals surface area contributed by atoms with Crippen molar-refractivity contribution in [2.24, 2.45) is 7.05 Å². The van der Waals surface area contributed by atoms with Gasteiger partial charge in [-0.3, -0.25) is 9.80 Å². The van der Waals surface area contributed by atoms with Crippen molar-refractivity contribution in [1.82, 2.24) is 15.0 Å². The monoisotopic (exact) mass is 274 g/mol. The van der Waals surface area contributed by atoms with Crippen molar-refractivity contribution >= 4 is 22.8 Å². The lowest BCUT2D eigenvalue weighted by molar-refractivity contribution is 0.0695. The average Bonchev–Trinajstić information content (AvgIpc) is 2.96. The number of pyridine rings is 2. The number of rotatable bonds is 2. The normalized spacial score (nSPS) is 14.9. The van der Waals surface area contributed by atoms with Crippen LogP contribution in [0, 0.1) is 0 Å². The summed E-state index contributed by atoms with van der Waals surface area (Å²) in [6.07, 6.45) is 2.35. The molecule has 1 saturated heterocycles. The average molecular weight is 274 g/mol. The molecule has 7 heteroatoms. The highest BCUT2D eigenvalue weighted by molar-refractivity contribution is 5.91. The molecule has 1 fully saturated rings. The maximum absolute atomic E-state index is 12.1. The van der Waals surface area contributed by atoms with Gasteiger partial charge < -0.3 is 9.67 Å². The number of hydrogen-bond acceptors (Lipinski definition) is 5. The summed E-state index contributed by atoms with van der Waals surface area (Å²) in [4.78, 5) is 27.6. The fourth-order valence-corrected chi connectivity index (χ4v) is 2.37. The maximum Gasteiger partial charge on any atom is 0.341 e. The number of anilines is 1. The molecule has 1 aliphatic rings. The Morgan fingerprint density at radius 3 is 2.90 bits per heavy atom. The van der Waals surface area contributed by atoms with E-state index in [9.17, 15) is 9.59 Å². The number of hydrogen-bond donors (Lipinski definition) is 2. The molecule has 0 radical (unpaired) electrons. The van der Waals surface area contributed by atoms with Crippen LogP contribution in [0.2, 0.25) is 0 Å². The Balaban J connectivity index is 2.20. The summed E-state index contributed by atoms with van der Waals surface area (Å²) in [5, 5.41) is 11.3. The summed E-state index contributed by atoms with van der Waals surface area (Å²) in [7, 11) is 1.68. The van der Waals surface area contributed by atoms with Gasteiger partial charge in [-0.2, -0.15) is 0 Å². The molecule has 0 aromatic carbocycles. The van der Waals surface area contributed by atoms with Crippen LogP contribution in [0.15, 0.2) is 23.1 Å². The van der Waals surface area contributed by atoms with Crippen molar-refractivity contribution in [3.05, 3.63) is 34.1 Å². The molecule has 0 bridgehead atoms. The molecule has 20 heavy (non-hydrogen) atoms. The van der Waals surface area contributed by atoms with Gasteiger partial charge in [0.25, 0.3) is 0 Å². The molecule has 2 N–H and O–H groups in total. The van der Waals surface area contributed by atoms with Crippen molar-refractivity contribution in [3.8, 4) is 0 Å². The first-order chi connectivity index (χ1) is 9.58. The molecule has 0 saturated carbocycles. The molecule has 0 unspecified atom stereocenters. The van der Waals surface area contributed by atoms with Gasteiger partial charge in [0, 0.05) is 26.3 Å². The largest absolute Gasteiger partial charge is 0.477 e. The number of aromatic nitrogens is 2. The molecule has 3 heterocycles. The quantitative estimate of drug-likeness (QED) is 0.821. The fourth-order valence-electron chi connectivity index (χ4n) is 2.37. The predicted molar refractivity (Wildman–Crippen MR) is 73.9 cm³/mol. The van der Waals surface area contributed by atoms with E-state index in [2.05, 4.69) is 10.4 Å². The van der Waals surface area contributed by atoms with Crippen LogP contribution in [0.3, 0.4) is 0 Å². The number of hydrazine groups is 1. The van der Waals surface area contributed by atoms with Crippen molar-refractivity contribution in [2.45, 2.75) is 6.42 Å². The zero-order valence-electron chi connectivity index (χ0n) is 11.0.